The highest BCUT2D eigenvalue weighted by atomic mass is 32.2. The number of aromatic nitrogens is 2. The molecule has 0 aliphatic carbocycles. The van der Waals surface area contributed by atoms with Gasteiger partial charge in [0.05, 0.1) is 21.6 Å². The van der Waals surface area contributed by atoms with E-state index in [0.29, 0.717) is 16.7 Å². The minimum Gasteiger partial charge on any atom is -0.305 e. The summed E-state index contributed by atoms with van der Waals surface area (Å²) in [5.74, 6) is 0. The predicted molar refractivity (Wildman–Crippen MR) is 90.2 cm³/mol. The third-order valence-corrected chi connectivity index (χ3v) is 5.20. The molecule has 0 spiro atoms. The maximum absolute atomic E-state index is 12.4. The standard InChI is InChI=1S/C16H17N3O3S/c1-3-11-4-7-13(8-5-11)23(21,22)18-12-6-9-15-14(10-12)17-16(20)19(15)2/h4-10,18H,3H2,1-2H3,(H,17,20). The topological polar surface area (TPSA) is 84.0 Å². The van der Waals surface area contributed by atoms with E-state index < -0.39 is 10.0 Å². The molecule has 0 atom stereocenters. The summed E-state index contributed by atoms with van der Waals surface area (Å²) in [6.45, 7) is 2.01. The van der Waals surface area contributed by atoms with Crippen molar-refractivity contribution in [3.8, 4) is 0 Å². The van der Waals surface area contributed by atoms with E-state index in [1.807, 2.05) is 6.92 Å². The summed E-state index contributed by atoms with van der Waals surface area (Å²) in [7, 11) is -2.01. The van der Waals surface area contributed by atoms with Crippen LogP contribution in [0.2, 0.25) is 0 Å². The van der Waals surface area contributed by atoms with Gasteiger partial charge in [0.15, 0.2) is 0 Å². The quantitative estimate of drug-likeness (QED) is 0.769. The van der Waals surface area contributed by atoms with Gasteiger partial charge in [0.2, 0.25) is 0 Å². The predicted octanol–water partition coefficient (Wildman–Crippen LogP) is 2.23. The van der Waals surface area contributed by atoms with Gasteiger partial charge in [0.1, 0.15) is 0 Å². The molecule has 6 nitrogen and oxygen atoms in total. The Labute approximate surface area is 133 Å². The summed E-state index contributed by atoms with van der Waals surface area (Å²) in [4.78, 5) is 14.5. The van der Waals surface area contributed by atoms with Crippen LogP contribution in [0.5, 0.6) is 0 Å². The normalized spacial score (nSPS) is 11.7. The van der Waals surface area contributed by atoms with Crippen LogP contribution in [0, 0.1) is 0 Å². The van der Waals surface area contributed by atoms with Gasteiger partial charge < -0.3 is 4.98 Å². The van der Waals surface area contributed by atoms with E-state index in [9.17, 15) is 13.2 Å². The highest BCUT2D eigenvalue weighted by Gasteiger charge is 2.14. The zero-order chi connectivity index (χ0) is 16.6. The van der Waals surface area contributed by atoms with Crippen LogP contribution in [0.1, 0.15) is 12.5 Å². The molecule has 23 heavy (non-hydrogen) atoms. The molecule has 0 saturated carbocycles. The highest BCUT2D eigenvalue weighted by molar-refractivity contribution is 7.92. The molecule has 0 fully saturated rings. The van der Waals surface area contributed by atoms with Crippen LogP contribution in [-0.2, 0) is 23.5 Å². The second kappa shape index (κ2) is 5.58. The van der Waals surface area contributed by atoms with Crippen molar-refractivity contribution in [3.63, 3.8) is 0 Å². The minimum absolute atomic E-state index is 0.205. The van der Waals surface area contributed by atoms with E-state index in [2.05, 4.69) is 9.71 Å². The molecule has 120 valence electrons. The summed E-state index contributed by atoms with van der Waals surface area (Å²) in [5, 5.41) is 0. The van der Waals surface area contributed by atoms with E-state index in [4.69, 9.17) is 0 Å². The molecule has 1 aromatic heterocycles. The maximum Gasteiger partial charge on any atom is 0.326 e. The molecule has 0 aliphatic heterocycles. The van der Waals surface area contributed by atoms with Crippen LogP contribution in [-0.4, -0.2) is 18.0 Å². The second-order valence-electron chi connectivity index (χ2n) is 5.32. The first-order valence-corrected chi connectivity index (χ1v) is 8.69. The minimum atomic E-state index is -3.66. The van der Waals surface area contributed by atoms with Crippen LogP contribution in [0.15, 0.2) is 52.2 Å². The lowest BCUT2D eigenvalue weighted by Crippen LogP contribution is -2.12. The lowest BCUT2D eigenvalue weighted by Gasteiger charge is -2.09. The number of imidazole rings is 1. The van der Waals surface area contributed by atoms with E-state index in [-0.39, 0.29) is 10.6 Å². The zero-order valence-electron chi connectivity index (χ0n) is 12.8. The van der Waals surface area contributed by atoms with Gasteiger partial charge >= 0.3 is 5.69 Å². The van der Waals surface area contributed by atoms with Crippen molar-refractivity contribution in [3.05, 3.63) is 58.5 Å². The third kappa shape index (κ3) is 2.87. The SMILES string of the molecule is CCc1ccc(S(=O)(=O)Nc2ccc3c(c2)[nH]c(=O)n3C)cc1. The molecular formula is C16H17N3O3S. The van der Waals surface area contributed by atoms with Crippen LogP contribution >= 0.6 is 0 Å². The fourth-order valence-corrected chi connectivity index (χ4v) is 3.47. The molecule has 0 bridgehead atoms. The molecular weight excluding hydrogens is 314 g/mol. The number of benzene rings is 2. The Morgan fingerprint density at radius 1 is 1.13 bits per heavy atom. The van der Waals surface area contributed by atoms with Crippen molar-refractivity contribution in [2.24, 2.45) is 7.05 Å². The number of aryl methyl sites for hydroxylation is 2. The maximum atomic E-state index is 12.4. The number of hydrogen-bond donors (Lipinski definition) is 2. The first-order valence-electron chi connectivity index (χ1n) is 7.21. The molecule has 2 aromatic carbocycles. The molecule has 0 radical (unpaired) electrons. The number of H-pyrrole nitrogens is 1. The number of nitrogens with zero attached hydrogens (tertiary/aromatic N) is 1. The third-order valence-electron chi connectivity index (χ3n) is 3.80. The van der Waals surface area contributed by atoms with Gasteiger partial charge in [0.25, 0.3) is 10.0 Å². The van der Waals surface area contributed by atoms with Gasteiger partial charge in [-0.2, -0.15) is 0 Å². The molecule has 1 heterocycles. The summed E-state index contributed by atoms with van der Waals surface area (Å²) in [6, 6.07) is 11.7. The number of sulfonamides is 1. The Morgan fingerprint density at radius 3 is 2.48 bits per heavy atom. The Morgan fingerprint density at radius 2 is 1.83 bits per heavy atom. The van der Waals surface area contributed by atoms with Gasteiger partial charge in [-0.3, -0.25) is 9.29 Å². The Bertz CT molecular complexity index is 1010. The molecule has 0 aliphatic rings. The monoisotopic (exact) mass is 331 g/mol. The average molecular weight is 331 g/mol. The fourth-order valence-electron chi connectivity index (χ4n) is 2.42. The van der Waals surface area contributed by atoms with Crippen molar-refractivity contribution in [2.75, 3.05) is 4.72 Å². The first kappa shape index (κ1) is 15.4. The number of fused-ring (bicyclic) bond motifs is 1. The molecule has 3 rings (SSSR count). The zero-order valence-corrected chi connectivity index (χ0v) is 13.6. The number of aromatic amines is 1. The lowest BCUT2D eigenvalue weighted by molar-refractivity contribution is 0.601. The van der Waals surface area contributed by atoms with E-state index in [0.717, 1.165) is 12.0 Å². The summed E-state index contributed by atoms with van der Waals surface area (Å²) >= 11 is 0. The van der Waals surface area contributed by atoms with Gasteiger partial charge in [-0.15, -0.1) is 0 Å². The lowest BCUT2D eigenvalue weighted by atomic mass is 10.2. The second-order valence-corrected chi connectivity index (χ2v) is 7.01. The molecule has 2 N–H and O–H groups in total. The Kier molecular flexibility index (Phi) is 3.73. The van der Waals surface area contributed by atoms with Crippen molar-refractivity contribution >= 4 is 26.7 Å². The Balaban J connectivity index is 1.94. The van der Waals surface area contributed by atoms with Crippen LogP contribution in [0.3, 0.4) is 0 Å². The number of hydrogen-bond acceptors (Lipinski definition) is 3. The number of rotatable bonds is 4. The smallest absolute Gasteiger partial charge is 0.305 e. The van der Waals surface area contributed by atoms with Gasteiger partial charge in [-0.1, -0.05) is 19.1 Å². The van der Waals surface area contributed by atoms with Gasteiger partial charge in [-0.05, 0) is 42.3 Å². The fraction of sp³-hybridized carbons (Fsp3) is 0.188. The number of anilines is 1. The van der Waals surface area contributed by atoms with Gasteiger partial charge in [0, 0.05) is 7.05 Å². The largest absolute Gasteiger partial charge is 0.326 e. The molecule has 7 heteroatoms. The van der Waals surface area contributed by atoms with E-state index in [1.54, 1.807) is 49.5 Å². The van der Waals surface area contributed by atoms with Crippen LogP contribution in [0.4, 0.5) is 5.69 Å². The number of nitrogens with one attached hydrogen (secondary N) is 2. The highest BCUT2D eigenvalue weighted by Crippen LogP contribution is 2.20. The average Bonchev–Trinajstić information content (AvgIpc) is 2.81. The van der Waals surface area contributed by atoms with Gasteiger partial charge in [-0.25, -0.2) is 13.2 Å². The van der Waals surface area contributed by atoms with Crippen molar-refractivity contribution in [1.82, 2.24) is 9.55 Å². The Hall–Kier alpha value is -2.54. The van der Waals surface area contributed by atoms with Crippen LogP contribution in [0.25, 0.3) is 11.0 Å². The van der Waals surface area contributed by atoms with Crippen molar-refractivity contribution in [2.45, 2.75) is 18.2 Å². The van der Waals surface area contributed by atoms with E-state index in [1.165, 1.54) is 4.57 Å². The van der Waals surface area contributed by atoms with Crippen molar-refractivity contribution < 1.29 is 8.42 Å². The molecule has 3 aromatic rings. The molecule has 0 unspecified atom stereocenters. The summed E-state index contributed by atoms with van der Waals surface area (Å²) in [5.41, 5.74) is 2.53. The summed E-state index contributed by atoms with van der Waals surface area (Å²) < 4.78 is 28.8. The van der Waals surface area contributed by atoms with E-state index >= 15 is 0 Å². The summed E-state index contributed by atoms with van der Waals surface area (Å²) in [6.07, 6.45) is 0.853. The first-order chi connectivity index (χ1) is 10.9. The van der Waals surface area contributed by atoms with Crippen molar-refractivity contribution in [1.29, 1.82) is 0 Å². The molecule has 0 amide bonds. The molecule has 0 saturated heterocycles. The van der Waals surface area contributed by atoms with Crippen LogP contribution < -0.4 is 10.4 Å².